The predicted octanol–water partition coefficient (Wildman–Crippen LogP) is 1.39. The number of para-hydroxylation sites is 2. The van der Waals surface area contributed by atoms with Crippen LogP contribution in [0.25, 0.3) is 11.0 Å². The van der Waals surface area contributed by atoms with Crippen LogP contribution in [0.5, 0.6) is 0 Å². The molecule has 0 unspecified atom stereocenters. The summed E-state index contributed by atoms with van der Waals surface area (Å²) in [7, 11) is 0. The molecular formula is C18H20N8O. The monoisotopic (exact) mass is 364 g/mol. The lowest BCUT2D eigenvalue weighted by atomic mass is 10.3. The number of aryl methyl sites for hydroxylation is 1. The van der Waals surface area contributed by atoms with Crippen LogP contribution >= 0.6 is 0 Å². The average molecular weight is 364 g/mol. The van der Waals surface area contributed by atoms with Gasteiger partial charge in [-0.3, -0.25) is 9.89 Å². The molecule has 0 saturated heterocycles. The Balaban J connectivity index is 1.36. The Morgan fingerprint density at radius 3 is 3.00 bits per heavy atom. The van der Waals surface area contributed by atoms with Gasteiger partial charge < -0.3 is 14.5 Å². The van der Waals surface area contributed by atoms with Gasteiger partial charge in [0.25, 0.3) is 5.91 Å². The van der Waals surface area contributed by atoms with Gasteiger partial charge in [0.1, 0.15) is 17.8 Å². The number of amides is 1. The zero-order valence-corrected chi connectivity index (χ0v) is 15.0. The molecule has 0 aliphatic heterocycles. The third-order valence-electron chi connectivity index (χ3n) is 4.40. The van der Waals surface area contributed by atoms with Gasteiger partial charge in [0.05, 0.1) is 29.6 Å². The van der Waals surface area contributed by atoms with Crippen molar-refractivity contribution in [2.45, 2.75) is 26.4 Å². The van der Waals surface area contributed by atoms with E-state index in [1.165, 1.54) is 0 Å². The Hall–Kier alpha value is -3.49. The highest BCUT2D eigenvalue weighted by atomic mass is 16.1. The van der Waals surface area contributed by atoms with E-state index >= 15 is 0 Å². The van der Waals surface area contributed by atoms with E-state index in [9.17, 15) is 4.79 Å². The van der Waals surface area contributed by atoms with E-state index in [0.29, 0.717) is 25.2 Å². The van der Waals surface area contributed by atoms with Gasteiger partial charge in [-0.1, -0.05) is 12.1 Å². The zero-order valence-electron chi connectivity index (χ0n) is 15.0. The van der Waals surface area contributed by atoms with Crippen LogP contribution in [0.4, 0.5) is 0 Å². The molecule has 0 fully saturated rings. The van der Waals surface area contributed by atoms with Crippen LogP contribution in [-0.4, -0.2) is 47.0 Å². The first-order chi connectivity index (χ1) is 13.2. The van der Waals surface area contributed by atoms with E-state index in [2.05, 4.69) is 30.7 Å². The number of nitrogens with zero attached hydrogens (tertiary/aromatic N) is 6. The van der Waals surface area contributed by atoms with Gasteiger partial charge in [0.2, 0.25) is 0 Å². The molecule has 3 aromatic heterocycles. The van der Waals surface area contributed by atoms with E-state index in [0.717, 1.165) is 29.1 Å². The number of carbonyl (C=O) groups is 1. The predicted molar refractivity (Wildman–Crippen MR) is 99.2 cm³/mol. The largest absolute Gasteiger partial charge is 0.350 e. The lowest BCUT2D eigenvalue weighted by molar-refractivity contribution is 0.0949. The fourth-order valence-corrected chi connectivity index (χ4v) is 2.99. The molecule has 0 spiro atoms. The molecule has 0 aliphatic carbocycles. The quantitative estimate of drug-likeness (QED) is 0.515. The van der Waals surface area contributed by atoms with Crippen LogP contribution < -0.4 is 5.32 Å². The van der Waals surface area contributed by atoms with Gasteiger partial charge in [-0.15, -0.1) is 10.2 Å². The number of aromatic nitrogens is 7. The molecule has 9 nitrogen and oxygen atoms in total. The number of carbonyl (C=O) groups excluding carboxylic acids is 1. The zero-order chi connectivity index (χ0) is 18.6. The summed E-state index contributed by atoms with van der Waals surface area (Å²) in [5, 5.41) is 17.9. The maximum atomic E-state index is 12.3. The molecule has 4 aromatic rings. The summed E-state index contributed by atoms with van der Waals surface area (Å²) in [5.74, 6) is 0.642. The number of imidazole rings is 1. The average Bonchev–Trinajstić information content (AvgIpc) is 3.42. The first-order valence-corrected chi connectivity index (χ1v) is 8.83. The van der Waals surface area contributed by atoms with Crippen LogP contribution in [0.2, 0.25) is 0 Å². The Bertz CT molecular complexity index is 1060. The summed E-state index contributed by atoms with van der Waals surface area (Å²) >= 11 is 0. The second-order valence-corrected chi connectivity index (χ2v) is 6.18. The highest BCUT2D eigenvalue weighted by Crippen LogP contribution is 2.13. The minimum absolute atomic E-state index is 0.212. The number of hydrogen-bond acceptors (Lipinski definition) is 5. The molecule has 4 rings (SSSR count). The van der Waals surface area contributed by atoms with E-state index in [-0.39, 0.29) is 5.91 Å². The highest BCUT2D eigenvalue weighted by molar-refractivity contribution is 5.92. The fraction of sp³-hybridized carbons (Fsp3) is 0.278. The number of hydrogen-bond donors (Lipinski definition) is 2. The Morgan fingerprint density at radius 1 is 1.22 bits per heavy atom. The number of H-pyrrole nitrogens is 1. The van der Waals surface area contributed by atoms with Crippen LogP contribution in [0, 0.1) is 0 Å². The summed E-state index contributed by atoms with van der Waals surface area (Å²) in [6.45, 7) is 3.88. The summed E-state index contributed by atoms with van der Waals surface area (Å²) in [6, 6.07) is 9.68. The first kappa shape index (κ1) is 17.0. The number of aromatic amines is 1. The van der Waals surface area contributed by atoms with Crippen LogP contribution in [0.1, 0.15) is 28.9 Å². The molecular weight excluding hydrogens is 344 g/mol. The van der Waals surface area contributed by atoms with Crippen molar-refractivity contribution in [3.63, 3.8) is 0 Å². The SMILES string of the molecule is CCn1cnnc1CCNC(=O)c1cc(Cn2cnc3ccccc32)[nH]n1. The van der Waals surface area contributed by atoms with Gasteiger partial charge in [-0.2, -0.15) is 5.10 Å². The second kappa shape index (κ2) is 7.40. The summed E-state index contributed by atoms with van der Waals surface area (Å²) in [5.41, 5.74) is 3.19. The van der Waals surface area contributed by atoms with Crippen LogP contribution in [-0.2, 0) is 19.5 Å². The standard InChI is InChI=1S/C18H20N8O/c1-2-25-12-21-24-17(25)7-8-19-18(27)15-9-13(22-23-15)10-26-11-20-14-5-3-4-6-16(14)26/h3-6,9,11-12H,2,7-8,10H2,1H3,(H,19,27)(H,22,23). The van der Waals surface area contributed by atoms with E-state index < -0.39 is 0 Å². The third kappa shape index (κ3) is 3.57. The lowest BCUT2D eigenvalue weighted by Crippen LogP contribution is -2.26. The maximum absolute atomic E-state index is 12.3. The molecule has 27 heavy (non-hydrogen) atoms. The van der Waals surface area contributed by atoms with Crippen LogP contribution in [0.15, 0.2) is 43.0 Å². The lowest BCUT2D eigenvalue weighted by Gasteiger charge is -2.04. The van der Waals surface area contributed by atoms with Crippen molar-refractivity contribution in [3.8, 4) is 0 Å². The van der Waals surface area contributed by atoms with E-state index in [1.54, 1.807) is 18.7 Å². The molecule has 0 atom stereocenters. The summed E-state index contributed by atoms with van der Waals surface area (Å²) in [6.07, 6.45) is 4.10. The van der Waals surface area contributed by atoms with E-state index in [4.69, 9.17) is 0 Å². The van der Waals surface area contributed by atoms with Crippen molar-refractivity contribution < 1.29 is 4.79 Å². The maximum Gasteiger partial charge on any atom is 0.271 e. The number of fused-ring (bicyclic) bond motifs is 1. The smallest absolute Gasteiger partial charge is 0.271 e. The normalized spacial score (nSPS) is 11.1. The minimum Gasteiger partial charge on any atom is -0.350 e. The molecule has 0 aliphatic rings. The molecule has 9 heteroatoms. The van der Waals surface area contributed by atoms with Gasteiger partial charge in [0.15, 0.2) is 0 Å². The number of nitrogens with one attached hydrogen (secondary N) is 2. The molecule has 2 N–H and O–H groups in total. The van der Waals surface area contributed by atoms with Crippen molar-refractivity contribution in [1.29, 1.82) is 0 Å². The third-order valence-corrected chi connectivity index (χ3v) is 4.40. The number of rotatable bonds is 7. The topological polar surface area (TPSA) is 106 Å². The highest BCUT2D eigenvalue weighted by Gasteiger charge is 2.12. The van der Waals surface area contributed by atoms with Gasteiger partial charge in [0, 0.05) is 19.5 Å². The van der Waals surface area contributed by atoms with Crippen LogP contribution in [0.3, 0.4) is 0 Å². The Labute approximate surface area is 155 Å². The number of benzene rings is 1. The summed E-state index contributed by atoms with van der Waals surface area (Å²) in [4.78, 5) is 16.7. The minimum atomic E-state index is -0.212. The van der Waals surface area contributed by atoms with Gasteiger partial charge in [-0.25, -0.2) is 4.98 Å². The molecule has 1 amide bonds. The summed E-state index contributed by atoms with van der Waals surface area (Å²) < 4.78 is 3.97. The van der Waals surface area contributed by atoms with E-state index in [1.807, 2.05) is 40.3 Å². The van der Waals surface area contributed by atoms with Crippen molar-refractivity contribution >= 4 is 16.9 Å². The molecule has 1 aromatic carbocycles. The molecule has 0 bridgehead atoms. The van der Waals surface area contributed by atoms with Crippen molar-refractivity contribution in [2.24, 2.45) is 0 Å². The Morgan fingerprint density at radius 2 is 2.11 bits per heavy atom. The van der Waals surface area contributed by atoms with Gasteiger partial charge in [-0.05, 0) is 25.1 Å². The molecule has 0 radical (unpaired) electrons. The second-order valence-electron chi connectivity index (χ2n) is 6.18. The van der Waals surface area contributed by atoms with Crippen molar-refractivity contribution in [1.82, 2.24) is 39.8 Å². The van der Waals surface area contributed by atoms with Crippen molar-refractivity contribution in [2.75, 3.05) is 6.54 Å². The Kier molecular flexibility index (Phi) is 4.65. The van der Waals surface area contributed by atoms with Gasteiger partial charge >= 0.3 is 0 Å². The first-order valence-electron chi connectivity index (χ1n) is 8.83. The van der Waals surface area contributed by atoms with Crippen molar-refractivity contribution in [3.05, 3.63) is 60.2 Å². The molecule has 138 valence electrons. The molecule has 3 heterocycles. The fourth-order valence-electron chi connectivity index (χ4n) is 2.99. The molecule has 0 saturated carbocycles.